The fraction of sp³-hybridized carbons (Fsp3) is 0.471. The van der Waals surface area contributed by atoms with E-state index < -0.39 is 0 Å². The fourth-order valence-corrected chi connectivity index (χ4v) is 3.09. The molecule has 0 bridgehead atoms. The number of fused-ring (bicyclic) bond motifs is 1. The number of nitrogens with zero attached hydrogens (tertiary/aromatic N) is 5. The van der Waals surface area contributed by atoms with Crippen molar-refractivity contribution in [1.82, 2.24) is 30.0 Å². The second kappa shape index (κ2) is 7.86. The standard InChI is InChI=1S/C17H22N6O2S/c1-11(2)16(25)22-4-5-23-14(10-22)6-13(21-23)9-18-15(24)12-7-19-17(26-3)20-8-12/h6-8,11H,4-5,9-10H2,1-3H3,(H,18,24). The molecule has 3 rings (SSSR count). The van der Waals surface area contributed by atoms with Gasteiger partial charge in [0.1, 0.15) is 0 Å². The largest absolute Gasteiger partial charge is 0.346 e. The van der Waals surface area contributed by atoms with Gasteiger partial charge in [0.05, 0.1) is 36.6 Å². The summed E-state index contributed by atoms with van der Waals surface area (Å²) in [5.74, 6) is -0.0934. The molecule has 0 atom stereocenters. The number of aromatic nitrogens is 4. The van der Waals surface area contributed by atoms with Crippen molar-refractivity contribution in [2.75, 3.05) is 12.8 Å². The summed E-state index contributed by atoms with van der Waals surface area (Å²) >= 11 is 1.42. The molecule has 1 N–H and O–H groups in total. The molecule has 1 aliphatic heterocycles. The summed E-state index contributed by atoms with van der Waals surface area (Å²) in [6.07, 6.45) is 4.91. The van der Waals surface area contributed by atoms with Gasteiger partial charge in [-0.2, -0.15) is 5.10 Å². The molecule has 138 valence electrons. The molecule has 0 unspecified atom stereocenters. The van der Waals surface area contributed by atoms with Crippen molar-refractivity contribution in [3.05, 3.63) is 35.4 Å². The van der Waals surface area contributed by atoms with Crippen LogP contribution in [0.2, 0.25) is 0 Å². The van der Waals surface area contributed by atoms with Gasteiger partial charge in [-0.05, 0) is 12.3 Å². The minimum absolute atomic E-state index is 0.0112. The van der Waals surface area contributed by atoms with Crippen LogP contribution in [0.25, 0.3) is 0 Å². The lowest BCUT2D eigenvalue weighted by molar-refractivity contribution is -0.136. The second-order valence-electron chi connectivity index (χ2n) is 6.41. The molecular formula is C17H22N6O2S. The van der Waals surface area contributed by atoms with Crippen LogP contribution in [0.3, 0.4) is 0 Å². The number of rotatable bonds is 5. The smallest absolute Gasteiger partial charge is 0.254 e. The van der Waals surface area contributed by atoms with Crippen LogP contribution in [0.1, 0.15) is 35.6 Å². The highest BCUT2D eigenvalue weighted by Crippen LogP contribution is 2.16. The molecule has 0 saturated carbocycles. The van der Waals surface area contributed by atoms with Gasteiger partial charge in [0.2, 0.25) is 5.91 Å². The summed E-state index contributed by atoms with van der Waals surface area (Å²) in [4.78, 5) is 34.4. The first-order valence-electron chi connectivity index (χ1n) is 8.46. The van der Waals surface area contributed by atoms with Gasteiger partial charge in [-0.1, -0.05) is 25.6 Å². The van der Waals surface area contributed by atoms with E-state index in [9.17, 15) is 9.59 Å². The molecule has 0 saturated heterocycles. The molecule has 0 aliphatic carbocycles. The molecule has 1 aliphatic rings. The van der Waals surface area contributed by atoms with Crippen molar-refractivity contribution in [1.29, 1.82) is 0 Å². The average molecular weight is 374 g/mol. The second-order valence-corrected chi connectivity index (χ2v) is 7.18. The number of carbonyl (C=O) groups is 2. The van der Waals surface area contributed by atoms with E-state index in [0.717, 1.165) is 11.4 Å². The van der Waals surface area contributed by atoms with Crippen LogP contribution in [0.4, 0.5) is 0 Å². The van der Waals surface area contributed by atoms with Gasteiger partial charge in [-0.3, -0.25) is 14.3 Å². The highest BCUT2D eigenvalue weighted by atomic mass is 32.2. The van der Waals surface area contributed by atoms with Crippen LogP contribution < -0.4 is 5.32 Å². The van der Waals surface area contributed by atoms with Gasteiger partial charge in [0, 0.05) is 24.9 Å². The van der Waals surface area contributed by atoms with E-state index >= 15 is 0 Å². The zero-order chi connectivity index (χ0) is 18.7. The summed E-state index contributed by atoms with van der Waals surface area (Å²) < 4.78 is 1.90. The Hall–Kier alpha value is -2.42. The molecule has 0 fully saturated rings. The van der Waals surface area contributed by atoms with Gasteiger partial charge in [0.25, 0.3) is 5.91 Å². The predicted molar refractivity (Wildman–Crippen MR) is 97.5 cm³/mol. The van der Waals surface area contributed by atoms with Crippen molar-refractivity contribution in [3.63, 3.8) is 0 Å². The summed E-state index contributed by atoms with van der Waals surface area (Å²) in [5.41, 5.74) is 2.18. The van der Waals surface area contributed by atoms with Crippen LogP contribution >= 0.6 is 11.8 Å². The molecule has 0 radical (unpaired) electrons. The third kappa shape index (κ3) is 4.04. The van der Waals surface area contributed by atoms with Crippen molar-refractivity contribution in [3.8, 4) is 0 Å². The Morgan fingerprint density at radius 2 is 2.00 bits per heavy atom. The van der Waals surface area contributed by atoms with Crippen LogP contribution in [0.15, 0.2) is 23.6 Å². The number of nitrogens with one attached hydrogen (secondary N) is 1. The number of amides is 2. The maximum absolute atomic E-state index is 12.2. The molecule has 9 heteroatoms. The van der Waals surface area contributed by atoms with E-state index in [0.29, 0.717) is 36.9 Å². The van der Waals surface area contributed by atoms with Crippen molar-refractivity contribution in [2.45, 2.75) is 38.6 Å². The number of thioether (sulfide) groups is 1. The first-order chi connectivity index (χ1) is 12.5. The number of hydrogen-bond acceptors (Lipinski definition) is 6. The number of hydrogen-bond donors (Lipinski definition) is 1. The monoisotopic (exact) mass is 374 g/mol. The van der Waals surface area contributed by atoms with E-state index in [4.69, 9.17) is 0 Å². The zero-order valence-electron chi connectivity index (χ0n) is 15.1. The van der Waals surface area contributed by atoms with Gasteiger partial charge in [-0.15, -0.1) is 0 Å². The minimum atomic E-state index is -0.236. The molecule has 26 heavy (non-hydrogen) atoms. The van der Waals surface area contributed by atoms with Crippen LogP contribution in [-0.2, 0) is 24.4 Å². The van der Waals surface area contributed by atoms with Crippen molar-refractivity contribution >= 4 is 23.6 Å². The molecular weight excluding hydrogens is 352 g/mol. The molecule has 0 aromatic carbocycles. The van der Waals surface area contributed by atoms with Gasteiger partial charge >= 0.3 is 0 Å². The molecule has 0 spiro atoms. The third-order valence-corrected chi connectivity index (χ3v) is 4.73. The SMILES string of the molecule is CSc1ncc(C(=O)NCc2cc3n(n2)CCN(C(=O)C(C)C)C3)cn1. The highest BCUT2D eigenvalue weighted by molar-refractivity contribution is 7.98. The topological polar surface area (TPSA) is 93.0 Å². The lowest BCUT2D eigenvalue weighted by atomic mass is 10.1. The third-order valence-electron chi connectivity index (χ3n) is 4.16. The summed E-state index contributed by atoms with van der Waals surface area (Å²) in [7, 11) is 0. The lowest BCUT2D eigenvalue weighted by Gasteiger charge is -2.29. The summed E-state index contributed by atoms with van der Waals surface area (Å²) in [5, 5.41) is 7.97. The Labute approximate surface area is 156 Å². The van der Waals surface area contributed by atoms with Crippen LogP contribution in [0, 0.1) is 5.92 Å². The molecule has 2 aromatic heterocycles. The van der Waals surface area contributed by atoms with Crippen LogP contribution in [0.5, 0.6) is 0 Å². The first-order valence-corrected chi connectivity index (χ1v) is 9.69. The Kier molecular flexibility index (Phi) is 5.55. The van der Waals surface area contributed by atoms with E-state index in [-0.39, 0.29) is 17.7 Å². The molecule has 8 nitrogen and oxygen atoms in total. The van der Waals surface area contributed by atoms with Gasteiger partial charge in [-0.25, -0.2) is 9.97 Å². The predicted octanol–water partition coefficient (Wildman–Crippen LogP) is 1.32. The molecule has 2 amide bonds. The Morgan fingerprint density at radius 3 is 2.65 bits per heavy atom. The van der Waals surface area contributed by atoms with Crippen molar-refractivity contribution in [2.24, 2.45) is 5.92 Å². The van der Waals surface area contributed by atoms with E-state index in [1.54, 1.807) is 0 Å². The lowest BCUT2D eigenvalue weighted by Crippen LogP contribution is -2.40. The van der Waals surface area contributed by atoms with E-state index in [1.807, 2.05) is 35.8 Å². The van der Waals surface area contributed by atoms with Gasteiger partial charge in [0.15, 0.2) is 5.16 Å². The Balaban J connectivity index is 1.60. The summed E-state index contributed by atoms with van der Waals surface area (Å²) in [6.45, 7) is 6.03. The average Bonchev–Trinajstić information content (AvgIpc) is 3.07. The van der Waals surface area contributed by atoms with E-state index in [1.165, 1.54) is 24.2 Å². The minimum Gasteiger partial charge on any atom is -0.346 e. The quantitative estimate of drug-likeness (QED) is 0.627. The maximum Gasteiger partial charge on any atom is 0.254 e. The molecule has 2 aromatic rings. The fourth-order valence-electron chi connectivity index (χ4n) is 2.78. The summed E-state index contributed by atoms with van der Waals surface area (Å²) in [6, 6.07) is 1.94. The Bertz CT molecular complexity index is 802. The first kappa shape index (κ1) is 18.4. The number of carbonyl (C=O) groups excluding carboxylic acids is 2. The van der Waals surface area contributed by atoms with E-state index in [2.05, 4.69) is 20.4 Å². The van der Waals surface area contributed by atoms with Crippen LogP contribution in [-0.4, -0.2) is 49.3 Å². The Morgan fingerprint density at radius 1 is 1.27 bits per heavy atom. The van der Waals surface area contributed by atoms with Gasteiger partial charge < -0.3 is 10.2 Å². The zero-order valence-corrected chi connectivity index (χ0v) is 15.9. The highest BCUT2D eigenvalue weighted by Gasteiger charge is 2.23. The molecule has 3 heterocycles. The van der Waals surface area contributed by atoms with Crippen molar-refractivity contribution < 1.29 is 9.59 Å². The normalized spacial score (nSPS) is 13.6. The maximum atomic E-state index is 12.2.